The van der Waals surface area contributed by atoms with Crippen LogP contribution in [0.2, 0.25) is 5.02 Å². The highest BCUT2D eigenvalue weighted by Gasteiger charge is 2.29. The Balaban J connectivity index is 1.79. The minimum absolute atomic E-state index is 0.00314. The SMILES string of the molecule is CCc1cccc(CC)c1-n1c(C=C(C)C)c(C(=O)N2CCNC(CCO)C2)cc(-c2nc(-c3ccc(Cl)cc3)cs2)c1=O. The monoisotopic (exact) mass is 630 g/mol. The number of benzene rings is 2. The van der Waals surface area contributed by atoms with Gasteiger partial charge in [0.2, 0.25) is 0 Å². The van der Waals surface area contributed by atoms with E-state index in [1.54, 1.807) is 10.6 Å². The summed E-state index contributed by atoms with van der Waals surface area (Å²) in [6, 6.07) is 15.3. The molecule has 1 amide bonds. The Labute approximate surface area is 267 Å². The number of rotatable bonds is 9. The number of thiazole rings is 1. The second kappa shape index (κ2) is 14.0. The van der Waals surface area contributed by atoms with Crippen molar-refractivity contribution in [1.29, 1.82) is 0 Å². The fourth-order valence-electron chi connectivity index (χ4n) is 5.78. The number of hydrogen-bond donors (Lipinski definition) is 2. The smallest absolute Gasteiger partial charge is 0.265 e. The number of aryl methyl sites for hydroxylation is 2. The van der Waals surface area contributed by atoms with E-state index in [0.717, 1.165) is 46.5 Å². The van der Waals surface area contributed by atoms with Crippen LogP contribution in [0.15, 0.2) is 64.3 Å². The number of carbonyl (C=O) groups is 1. The summed E-state index contributed by atoms with van der Waals surface area (Å²) in [4.78, 5) is 35.9. The maximum atomic E-state index is 14.7. The molecule has 1 aliphatic heterocycles. The van der Waals surface area contributed by atoms with Crippen molar-refractivity contribution in [3.05, 3.63) is 97.2 Å². The van der Waals surface area contributed by atoms with Gasteiger partial charge < -0.3 is 15.3 Å². The number of allylic oxidation sites excluding steroid dienone is 1. The Morgan fingerprint density at radius 3 is 2.48 bits per heavy atom. The molecule has 230 valence electrons. The second-order valence-corrected chi connectivity index (χ2v) is 12.6. The van der Waals surface area contributed by atoms with Crippen molar-refractivity contribution in [3.8, 4) is 27.5 Å². The summed E-state index contributed by atoms with van der Waals surface area (Å²) in [5.74, 6) is -0.140. The van der Waals surface area contributed by atoms with Crippen LogP contribution >= 0.6 is 22.9 Å². The highest BCUT2D eigenvalue weighted by atomic mass is 35.5. The van der Waals surface area contributed by atoms with E-state index in [-0.39, 0.29) is 24.1 Å². The van der Waals surface area contributed by atoms with E-state index in [2.05, 4.69) is 31.3 Å². The Morgan fingerprint density at radius 2 is 1.84 bits per heavy atom. The van der Waals surface area contributed by atoms with Gasteiger partial charge in [0.15, 0.2) is 0 Å². The molecule has 1 fully saturated rings. The van der Waals surface area contributed by atoms with E-state index < -0.39 is 0 Å². The molecule has 5 rings (SSSR count). The molecule has 0 aliphatic carbocycles. The summed E-state index contributed by atoms with van der Waals surface area (Å²) in [6.07, 6.45) is 3.97. The summed E-state index contributed by atoms with van der Waals surface area (Å²) in [7, 11) is 0. The summed E-state index contributed by atoms with van der Waals surface area (Å²) >= 11 is 7.50. The molecule has 1 saturated heterocycles. The molecule has 44 heavy (non-hydrogen) atoms. The van der Waals surface area contributed by atoms with Crippen molar-refractivity contribution < 1.29 is 9.90 Å². The molecular weight excluding hydrogens is 592 g/mol. The van der Waals surface area contributed by atoms with Gasteiger partial charge >= 0.3 is 0 Å². The van der Waals surface area contributed by atoms with Gasteiger partial charge in [0, 0.05) is 48.2 Å². The molecule has 0 spiro atoms. The summed E-state index contributed by atoms with van der Waals surface area (Å²) in [5.41, 5.74) is 6.74. The van der Waals surface area contributed by atoms with Gasteiger partial charge in [0.25, 0.3) is 11.5 Å². The fourth-order valence-corrected chi connectivity index (χ4v) is 6.74. The lowest BCUT2D eigenvalue weighted by atomic mass is 9.99. The first kappa shape index (κ1) is 31.9. The van der Waals surface area contributed by atoms with Crippen LogP contribution in [0.5, 0.6) is 0 Å². The number of nitrogens with one attached hydrogen (secondary N) is 1. The number of aromatic nitrogens is 2. The van der Waals surface area contributed by atoms with Crippen LogP contribution in [-0.4, -0.2) is 57.7 Å². The third kappa shape index (κ3) is 6.59. The topological polar surface area (TPSA) is 87.5 Å². The normalized spacial score (nSPS) is 15.0. The standard InChI is InChI=1S/C35H39ClN4O3S/c1-5-23-8-7-9-24(6-2)32(23)40-31(18-22(3)4)28(34(42)39-16-15-37-27(20-39)14-17-41)19-29(35(40)43)33-38-30(21-44-33)25-10-12-26(36)13-11-25/h7-13,18-19,21,27,37,41H,5-6,14-17,20H2,1-4H3. The van der Waals surface area contributed by atoms with E-state index in [4.69, 9.17) is 16.6 Å². The van der Waals surface area contributed by atoms with E-state index >= 15 is 0 Å². The molecule has 1 unspecified atom stereocenters. The lowest BCUT2D eigenvalue weighted by molar-refractivity contribution is 0.0689. The van der Waals surface area contributed by atoms with Crippen LogP contribution in [0, 0.1) is 0 Å². The highest BCUT2D eigenvalue weighted by Crippen LogP contribution is 2.32. The third-order valence-corrected chi connectivity index (χ3v) is 9.11. The molecular formula is C35H39ClN4O3S. The largest absolute Gasteiger partial charge is 0.396 e. The van der Waals surface area contributed by atoms with Gasteiger partial charge in [0.1, 0.15) is 5.01 Å². The van der Waals surface area contributed by atoms with Gasteiger partial charge in [-0.05, 0) is 68.5 Å². The van der Waals surface area contributed by atoms with E-state index in [9.17, 15) is 14.7 Å². The summed E-state index contributed by atoms with van der Waals surface area (Å²) < 4.78 is 1.75. The van der Waals surface area contributed by atoms with Crippen molar-refractivity contribution in [1.82, 2.24) is 19.8 Å². The summed E-state index contributed by atoms with van der Waals surface area (Å²) in [5, 5.41) is 16.1. The van der Waals surface area contributed by atoms with Gasteiger partial charge in [-0.15, -0.1) is 11.3 Å². The van der Waals surface area contributed by atoms with Crippen molar-refractivity contribution in [2.75, 3.05) is 26.2 Å². The first-order chi connectivity index (χ1) is 21.2. The molecule has 2 N–H and O–H groups in total. The number of nitrogens with zero attached hydrogens (tertiary/aromatic N) is 3. The summed E-state index contributed by atoms with van der Waals surface area (Å²) in [6.45, 7) is 9.82. The molecule has 2 aromatic heterocycles. The van der Waals surface area contributed by atoms with Crippen LogP contribution in [0.25, 0.3) is 33.6 Å². The minimum Gasteiger partial charge on any atom is -0.396 e. The number of carbonyl (C=O) groups excluding carboxylic acids is 1. The van der Waals surface area contributed by atoms with E-state index in [0.29, 0.717) is 52.9 Å². The average Bonchev–Trinajstić information content (AvgIpc) is 3.51. The van der Waals surface area contributed by atoms with Gasteiger partial charge in [-0.25, -0.2) is 4.98 Å². The van der Waals surface area contributed by atoms with Crippen molar-refractivity contribution >= 4 is 34.9 Å². The van der Waals surface area contributed by atoms with Crippen LogP contribution in [0.4, 0.5) is 0 Å². The van der Waals surface area contributed by atoms with Crippen LogP contribution in [-0.2, 0) is 12.8 Å². The molecule has 7 nitrogen and oxygen atoms in total. The number of aliphatic hydroxyl groups is 1. The molecule has 0 radical (unpaired) electrons. The molecule has 0 bridgehead atoms. The van der Waals surface area contributed by atoms with Crippen molar-refractivity contribution in [2.45, 2.75) is 53.0 Å². The number of aliphatic hydroxyl groups excluding tert-OH is 1. The second-order valence-electron chi connectivity index (χ2n) is 11.3. The molecule has 4 aromatic rings. The number of hydrogen-bond acceptors (Lipinski definition) is 6. The quantitative estimate of drug-likeness (QED) is 0.217. The predicted octanol–water partition coefficient (Wildman–Crippen LogP) is 6.63. The first-order valence-electron chi connectivity index (χ1n) is 15.2. The van der Waals surface area contributed by atoms with Crippen molar-refractivity contribution in [2.24, 2.45) is 0 Å². The van der Waals surface area contributed by atoms with Crippen LogP contribution in [0.1, 0.15) is 61.3 Å². The lowest BCUT2D eigenvalue weighted by Crippen LogP contribution is -2.53. The third-order valence-electron chi connectivity index (χ3n) is 7.98. The predicted molar refractivity (Wildman–Crippen MR) is 181 cm³/mol. The molecule has 9 heteroatoms. The van der Waals surface area contributed by atoms with Crippen LogP contribution in [0.3, 0.4) is 0 Å². The molecule has 3 heterocycles. The number of amides is 1. The highest BCUT2D eigenvalue weighted by molar-refractivity contribution is 7.13. The minimum atomic E-state index is -0.208. The number of para-hydroxylation sites is 1. The molecule has 2 aromatic carbocycles. The zero-order valence-corrected chi connectivity index (χ0v) is 27.3. The Kier molecular flexibility index (Phi) is 10.2. The number of halogens is 1. The Bertz CT molecular complexity index is 1710. The van der Waals surface area contributed by atoms with Gasteiger partial charge in [-0.2, -0.15) is 0 Å². The number of piperazine rings is 1. The zero-order valence-electron chi connectivity index (χ0n) is 25.7. The maximum absolute atomic E-state index is 14.7. The lowest BCUT2D eigenvalue weighted by Gasteiger charge is -2.34. The van der Waals surface area contributed by atoms with Gasteiger partial charge in [-0.1, -0.05) is 61.4 Å². The van der Waals surface area contributed by atoms with E-state index in [1.165, 1.54) is 11.3 Å². The molecule has 1 atom stereocenters. The van der Waals surface area contributed by atoms with Gasteiger partial charge in [0.05, 0.1) is 28.2 Å². The maximum Gasteiger partial charge on any atom is 0.265 e. The van der Waals surface area contributed by atoms with Crippen LogP contribution < -0.4 is 10.9 Å². The Morgan fingerprint density at radius 1 is 1.14 bits per heavy atom. The number of pyridine rings is 1. The Hall–Kier alpha value is -3.56. The van der Waals surface area contributed by atoms with E-state index in [1.807, 2.05) is 60.5 Å². The van der Waals surface area contributed by atoms with Crippen molar-refractivity contribution in [3.63, 3.8) is 0 Å². The van der Waals surface area contributed by atoms with Gasteiger partial charge in [-0.3, -0.25) is 14.2 Å². The molecule has 0 saturated carbocycles. The zero-order chi connectivity index (χ0) is 31.4. The fraction of sp³-hybridized carbons (Fsp3) is 0.343. The molecule has 1 aliphatic rings. The first-order valence-corrected chi connectivity index (χ1v) is 16.4. The average molecular weight is 631 g/mol.